The van der Waals surface area contributed by atoms with Crippen LogP contribution in [0.5, 0.6) is 0 Å². The molecule has 0 radical (unpaired) electrons. The zero-order valence-electron chi connectivity index (χ0n) is 10.2. The summed E-state index contributed by atoms with van der Waals surface area (Å²) in [6, 6.07) is 4.31. The molecule has 1 aromatic rings. The van der Waals surface area contributed by atoms with Gasteiger partial charge in [-0.05, 0) is 35.4 Å². The first-order valence-electron chi connectivity index (χ1n) is 5.18. The van der Waals surface area contributed by atoms with Crippen LogP contribution in [0.3, 0.4) is 0 Å². The summed E-state index contributed by atoms with van der Waals surface area (Å²) in [5.41, 5.74) is 2.92. The standard InChI is InChI=1S/C13H21N/c1-10-9-11(7-8-14-10)13(5,6)12(2,3)4/h7-9H,1-6H3. The van der Waals surface area contributed by atoms with E-state index in [2.05, 4.69) is 51.7 Å². The molecule has 0 aliphatic heterocycles. The molecule has 0 fully saturated rings. The van der Waals surface area contributed by atoms with Crippen LogP contribution in [0.2, 0.25) is 0 Å². The van der Waals surface area contributed by atoms with Crippen molar-refractivity contribution >= 4 is 0 Å². The maximum atomic E-state index is 4.24. The molecule has 1 aromatic heterocycles. The van der Waals surface area contributed by atoms with Gasteiger partial charge in [-0.2, -0.15) is 0 Å². The number of rotatable bonds is 1. The average molecular weight is 191 g/mol. The Bertz CT molecular complexity index is 318. The van der Waals surface area contributed by atoms with Gasteiger partial charge in [-0.3, -0.25) is 4.98 Å². The third-order valence-corrected chi connectivity index (χ3v) is 3.49. The normalized spacial score (nSPS) is 13.0. The molecule has 0 N–H and O–H groups in total. The zero-order chi connectivity index (χ0) is 11.0. The largest absolute Gasteiger partial charge is 0.262 e. The summed E-state index contributed by atoms with van der Waals surface area (Å²) in [5.74, 6) is 0. The molecule has 0 saturated carbocycles. The molecule has 1 nitrogen and oxygen atoms in total. The number of hydrogen-bond acceptors (Lipinski definition) is 1. The number of nitrogens with zero attached hydrogens (tertiary/aromatic N) is 1. The fraction of sp³-hybridized carbons (Fsp3) is 0.615. The highest BCUT2D eigenvalue weighted by Crippen LogP contribution is 2.40. The van der Waals surface area contributed by atoms with Crippen molar-refractivity contribution in [1.29, 1.82) is 0 Å². The molecule has 0 aliphatic rings. The van der Waals surface area contributed by atoms with Crippen LogP contribution in [0.15, 0.2) is 18.3 Å². The lowest BCUT2D eigenvalue weighted by molar-refractivity contribution is 0.225. The molecule has 0 saturated heterocycles. The maximum Gasteiger partial charge on any atom is 0.0375 e. The van der Waals surface area contributed by atoms with Gasteiger partial charge in [-0.15, -0.1) is 0 Å². The highest BCUT2D eigenvalue weighted by Gasteiger charge is 2.34. The molecule has 1 rings (SSSR count). The van der Waals surface area contributed by atoms with E-state index < -0.39 is 0 Å². The fourth-order valence-corrected chi connectivity index (χ4v) is 1.37. The van der Waals surface area contributed by atoms with Crippen molar-refractivity contribution in [3.05, 3.63) is 29.6 Å². The van der Waals surface area contributed by atoms with Crippen LogP contribution in [0, 0.1) is 12.3 Å². The summed E-state index contributed by atoms with van der Waals surface area (Å²) >= 11 is 0. The molecular weight excluding hydrogens is 170 g/mol. The van der Waals surface area contributed by atoms with E-state index in [4.69, 9.17) is 0 Å². The average Bonchev–Trinajstić information content (AvgIpc) is 2.02. The predicted molar refractivity (Wildman–Crippen MR) is 61.5 cm³/mol. The lowest BCUT2D eigenvalue weighted by Gasteiger charge is -2.39. The summed E-state index contributed by atoms with van der Waals surface area (Å²) in [6.45, 7) is 13.5. The fourth-order valence-electron chi connectivity index (χ4n) is 1.37. The first kappa shape index (κ1) is 11.2. The summed E-state index contributed by atoms with van der Waals surface area (Å²) in [5, 5.41) is 0. The Morgan fingerprint density at radius 1 is 1.07 bits per heavy atom. The predicted octanol–water partition coefficient (Wildman–Crippen LogP) is 3.71. The Hall–Kier alpha value is -0.850. The van der Waals surface area contributed by atoms with Gasteiger partial charge < -0.3 is 0 Å². The Balaban J connectivity index is 3.16. The van der Waals surface area contributed by atoms with E-state index in [1.807, 2.05) is 13.1 Å². The first-order valence-corrected chi connectivity index (χ1v) is 5.18. The Kier molecular flexibility index (Phi) is 2.71. The number of pyridine rings is 1. The molecule has 0 spiro atoms. The van der Waals surface area contributed by atoms with Crippen LogP contribution < -0.4 is 0 Å². The minimum absolute atomic E-state index is 0.181. The first-order chi connectivity index (χ1) is 6.25. The van der Waals surface area contributed by atoms with Crippen molar-refractivity contribution in [1.82, 2.24) is 4.98 Å². The summed E-state index contributed by atoms with van der Waals surface area (Å²) in [6.07, 6.45) is 1.90. The van der Waals surface area contributed by atoms with Crippen molar-refractivity contribution in [3.63, 3.8) is 0 Å². The third kappa shape index (κ3) is 1.97. The SMILES string of the molecule is Cc1cc(C(C)(C)C(C)(C)C)ccn1. The highest BCUT2D eigenvalue weighted by molar-refractivity contribution is 5.26. The van der Waals surface area contributed by atoms with Crippen LogP contribution in [-0.2, 0) is 5.41 Å². The topological polar surface area (TPSA) is 12.9 Å². The Labute approximate surface area is 87.6 Å². The second-order valence-electron chi connectivity index (χ2n) is 5.56. The second-order valence-corrected chi connectivity index (χ2v) is 5.56. The van der Waals surface area contributed by atoms with Crippen molar-refractivity contribution in [3.8, 4) is 0 Å². The molecule has 0 aliphatic carbocycles. The van der Waals surface area contributed by atoms with Crippen LogP contribution in [0.1, 0.15) is 45.9 Å². The van der Waals surface area contributed by atoms with E-state index in [0.29, 0.717) is 0 Å². The zero-order valence-corrected chi connectivity index (χ0v) is 10.2. The van der Waals surface area contributed by atoms with E-state index in [-0.39, 0.29) is 10.8 Å². The minimum Gasteiger partial charge on any atom is -0.262 e. The lowest BCUT2D eigenvalue weighted by Crippen LogP contribution is -2.34. The Morgan fingerprint density at radius 3 is 2.07 bits per heavy atom. The van der Waals surface area contributed by atoms with Gasteiger partial charge in [0.2, 0.25) is 0 Å². The van der Waals surface area contributed by atoms with E-state index >= 15 is 0 Å². The van der Waals surface area contributed by atoms with Gasteiger partial charge in [-0.1, -0.05) is 34.6 Å². The van der Waals surface area contributed by atoms with E-state index in [0.717, 1.165) is 5.69 Å². The van der Waals surface area contributed by atoms with Crippen LogP contribution in [0.4, 0.5) is 0 Å². The van der Waals surface area contributed by atoms with Crippen molar-refractivity contribution < 1.29 is 0 Å². The second kappa shape index (κ2) is 3.38. The molecule has 0 amide bonds. The molecule has 0 atom stereocenters. The van der Waals surface area contributed by atoms with Crippen molar-refractivity contribution in [2.75, 3.05) is 0 Å². The maximum absolute atomic E-state index is 4.24. The van der Waals surface area contributed by atoms with Gasteiger partial charge in [0, 0.05) is 11.9 Å². The molecule has 0 aromatic carbocycles. The van der Waals surface area contributed by atoms with Gasteiger partial charge in [0.15, 0.2) is 0 Å². The summed E-state index contributed by atoms with van der Waals surface area (Å²) < 4.78 is 0. The molecule has 0 unspecified atom stereocenters. The summed E-state index contributed by atoms with van der Waals surface area (Å²) in [7, 11) is 0. The quantitative estimate of drug-likeness (QED) is 0.659. The van der Waals surface area contributed by atoms with E-state index in [1.54, 1.807) is 0 Å². The molecule has 78 valence electrons. The Morgan fingerprint density at radius 2 is 1.64 bits per heavy atom. The monoisotopic (exact) mass is 191 g/mol. The summed E-state index contributed by atoms with van der Waals surface area (Å²) in [4.78, 5) is 4.24. The smallest absolute Gasteiger partial charge is 0.0375 e. The third-order valence-electron chi connectivity index (χ3n) is 3.49. The molecular formula is C13H21N. The van der Waals surface area contributed by atoms with E-state index in [1.165, 1.54) is 5.56 Å². The number of aryl methyl sites for hydroxylation is 1. The number of aromatic nitrogens is 1. The molecule has 14 heavy (non-hydrogen) atoms. The van der Waals surface area contributed by atoms with Gasteiger partial charge in [0.25, 0.3) is 0 Å². The van der Waals surface area contributed by atoms with Crippen molar-refractivity contribution in [2.24, 2.45) is 5.41 Å². The van der Waals surface area contributed by atoms with Gasteiger partial charge in [-0.25, -0.2) is 0 Å². The molecule has 0 bridgehead atoms. The number of hydrogen-bond donors (Lipinski definition) is 0. The highest BCUT2D eigenvalue weighted by atomic mass is 14.7. The van der Waals surface area contributed by atoms with Gasteiger partial charge in [0.05, 0.1) is 0 Å². The molecule has 1 heterocycles. The van der Waals surface area contributed by atoms with Crippen LogP contribution in [-0.4, -0.2) is 4.98 Å². The van der Waals surface area contributed by atoms with Gasteiger partial charge >= 0.3 is 0 Å². The van der Waals surface area contributed by atoms with Crippen LogP contribution in [0.25, 0.3) is 0 Å². The van der Waals surface area contributed by atoms with Gasteiger partial charge in [0.1, 0.15) is 0 Å². The lowest BCUT2D eigenvalue weighted by atomic mass is 9.65. The minimum atomic E-state index is 0.181. The van der Waals surface area contributed by atoms with Crippen molar-refractivity contribution in [2.45, 2.75) is 47.0 Å². The van der Waals surface area contributed by atoms with Crippen LogP contribution >= 0.6 is 0 Å². The molecule has 1 heteroatoms. The van der Waals surface area contributed by atoms with E-state index in [9.17, 15) is 0 Å².